The van der Waals surface area contributed by atoms with Crippen molar-refractivity contribution in [1.29, 1.82) is 0 Å². The Labute approximate surface area is 124 Å². The van der Waals surface area contributed by atoms with Crippen LogP contribution in [0.5, 0.6) is 0 Å². The van der Waals surface area contributed by atoms with Gasteiger partial charge in [0.05, 0.1) is 0 Å². The number of hydrogen-bond acceptors (Lipinski definition) is 5. The molecule has 0 amide bonds. The molecule has 0 saturated carbocycles. The number of carbonyl (C=O) groups excluding carboxylic acids is 3. The molecule has 0 unspecified atom stereocenters. The third-order valence-electron chi connectivity index (χ3n) is 0.0393. The van der Waals surface area contributed by atoms with Crippen LogP contribution < -0.4 is 64.4 Å². The van der Waals surface area contributed by atoms with Crippen molar-refractivity contribution < 1.29 is 90.5 Å². The zero-order valence-electron chi connectivity index (χ0n) is 6.62. The first-order chi connectivity index (χ1) is 3.33. The van der Waals surface area contributed by atoms with E-state index in [2.05, 4.69) is 4.89 Å². The first-order valence-corrected chi connectivity index (χ1v) is 1.05. The van der Waals surface area contributed by atoms with Gasteiger partial charge in [-0.15, -0.1) is 0 Å². The number of carbonyl (C=O) groups is 1. The van der Waals surface area contributed by atoms with Gasteiger partial charge in [0.15, 0.2) is 0 Å². The minimum atomic E-state index is -0.181. The summed E-state index contributed by atoms with van der Waals surface area (Å²) >= 11 is 0. The summed E-state index contributed by atoms with van der Waals surface area (Å²) in [5.74, 6) is 0. The molecule has 2 N–H and O–H groups in total. The monoisotopic (exact) mass is 218 g/mol. The molecule has 0 aromatic rings. The van der Waals surface area contributed by atoms with Crippen molar-refractivity contribution in [1.82, 2.24) is 0 Å². The van der Waals surface area contributed by atoms with E-state index in [-0.39, 0.29) is 101 Å². The standard InChI is InChI=1S/CH2O3.CO2.3CH4.2Na.H2O/c2-1-4-3;2-1-3;;;;;;/h1,3H;;3*1H4;;;1H2/q;;;;;2*+1;. The van der Waals surface area contributed by atoms with Crippen molar-refractivity contribution in [2.24, 2.45) is 0 Å². The molecule has 0 radical (unpaired) electrons. The maximum absolute atomic E-state index is 8.64. The zero-order valence-corrected chi connectivity index (χ0v) is 9.62. The molecule has 0 saturated heterocycles. The molecule has 8 heteroatoms. The molecule has 0 atom stereocenters. The van der Waals surface area contributed by atoms with Crippen LogP contribution in [0, 0.1) is 0 Å². The van der Waals surface area contributed by atoms with Crippen molar-refractivity contribution in [2.75, 3.05) is 0 Å². The average Bonchev–Trinajstić information content (AvgIpc) is 1.69. The van der Waals surface area contributed by atoms with Gasteiger partial charge in [0.2, 0.25) is 0 Å². The van der Waals surface area contributed by atoms with E-state index in [1.165, 1.54) is 0 Å². The average molecular weight is 218 g/mol. The fourth-order valence-corrected chi connectivity index (χ4v) is 0. The summed E-state index contributed by atoms with van der Waals surface area (Å²) in [6, 6.07) is 0. The molecule has 0 aromatic carbocycles. The Morgan fingerprint density at radius 2 is 1.23 bits per heavy atom. The minimum Gasteiger partial charge on any atom is -0.662 e. The zero-order chi connectivity index (χ0) is 6.12. The summed E-state index contributed by atoms with van der Waals surface area (Å²) in [6.07, 6.45) is 0.250. The molecule has 13 heavy (non-hydrogen) atoms. The molecule has 0 spiro atoms. The molecular formula is C5H16Na2O6+2. The second kappa shape index (κ2) is 124. The molecule has 72 valence electrons. The SMILES string of the molecule is C.C.C.O.O=C=O.O=CO[O-].[H+].[Na+].[Na+]. The van der Waals surface area contributed by atoms with E-state index in [1.807, 2.05) is 0 Å². The summed E-state index contributed by atoms with van der Waals surface area (Å²) in [5.41, 5.74) is 0. The molecule has 0 aliphatic rings. The molecule has 0 aromatic heterocycles. The fourth-order valence-electron chi connectivity index (χ4n) is 0. The first kappa shape index (κ1) is 67.4. The molecule has 0 heterocycles. The van der Waals surface area contributed by atoms with E-state index in [9.17, 15) is 0 Å². The Hall–Kier alpha value is 0.770. The van der Waals surface area contributed by atoms with Gasteiger partial charge in [0, 0.05) is 0 Å². The predicted molar refractivity (Wildman–Crippen MR) is 37.1 cm³/mol. The van der Waals surface area contributed by atoms with Crippen molar-refractivity contribution in [3.8, 4) is 0 Å². The van der Waals surface area contributed by atoms with Crippen LogP contribution in [0.3, 0.4) is 0 Å². The molecule has 0 rings (SSSR count). The first-order valence-electron chi connectivity index (χ1n) is 1.05. The van der Waals surface area contributed by atoms with E-state index in [0.717, 1.165) is 0 Å². The second-order valence-electron chi connectivity index (χ2n) is 0.276. The largest absolute Gasteiger partial charge is 1.00 e. The van der Waals surface area contributed by atoms with Crippen molar-refractivity contribution in [3.05, 3.63) is 0 Å². The van der Waals surface area contributed by atoms with E-state index in [1.54, 1.807) is 0 Å². The molecular weight excluding hydrogens is 202 g/mol. The van der Waals surface area contributed by atoms with Gasteiger partial charge in [0.1, 0.15) is 0 Å². The quantitative estimate of drug-likeness (QED) is 0.188. The number of rotatable bonds is 1. The Kier molecular flexibility index (Phi) is 646. The van der Waals surface area contributed by atoms with E-state index < -0.39 is 0 Å². The third kappa shape index (κ3) is 473. The van der Waals surface area contributed by atoms with E-state index in [4.69, 9.17) is 19.6 Å². The van der Waals surface area contributed by atoms with E-state index in [0.29, 0.717) is 0 Å². The van der Waals surface area contributed by atoms with Gasteiger partial charge in [-0.3, -0.25) is 4.79 Å². The van der Waals surface area contributed by atoms with Crippen LogP contribution in [0.15, 0.2) is 0 Å². The van der Waals surface area contributed by atoms with Crippen LogP contribution in [0.25, 0.3) is 0 Å². The van der Waals surface area contributed by atoms with Gasteiger partial charge in [-0.2, -0.15) is 9.59 Å². The van der Waals surface area contributed by atoms with Gasteiger partial charge in [-0.1, -0.05) is 22.3 Å². The summed E-state index contributed by atoms with van der Waals surface area (Å²) in [7, 11) is 0. The van der Waals surface area contributed by atoms with Crippen LogP contribution >= 0.6 is 0 Å². The topological polar surface area (TPSA) is 115 Å². The van der Waals surface area contributed by atoms with Crippen molar-refractivity contribution in [2.45, 2.75) is 22.3 Å². The minimum absolute atomic E-state index is 0. The van der Waals surface area contributed by atoms with Gasteiger partial charge in [-0.05, 0) is 0 Å². The Balaban J connectivity index is -0.00000000344. The number of hydrogen-bond donors (Lipinski definition) is 0. The van der Waals surface area contributed by atoms with Gasteiger partial charge in [0.25, 0.3) is 6.47 Å². The maximum Gasteiger partial charge on any atom is 1.00 e. The van der Waals surface area contributed by atoms with Gasteiger partial charge >= 0.3 is 66.7 Å². The summed E-state index contributed by atoms with van der Waals surface area (Å²) in [6.45, 7) is -0.181. The summed E-state index contributed by atoms with van der Waals surface area (Å²) in [5, 5.41) is 8.43. The molecule has 6 nitrogen and oxygen atoms in total. The molecule has 0 bridgehead atoms. The Morgan fingerprint density at radius 3 is 1.23 bits per heavy atom. The van der Waals surface area contributed by atoms with Crippen LogP contribution in [0.4, 0.5) is 0 Å². The smallest absolute Gasteiger partial charge is 0.662 e. The van der Waals surface area contributed by atoms with Crippen LogP contribution in [0.1, 0.15) is 23.7 Å². The fraction of sp³-hybridized carbons (Fsp3) is 0.600. The third-order valence-corrected chi connectivity index (χ3v) is 0.0393. The van der Waals surface area contributed by atoms with Crippen LogP contribution in [-0.2, 0) is 19.3 Å². The normalized spacial score (nSPS) is 2.23. The van der Waals surface area contributed by atoms with E-state index >= 15 is 0 Å². The predicted octanol–water partition coefficient (Wildman–Crippen LogP) is -6.94. The van der Waals surface area contributed by atoms with Crippen molar-refractivity contribution in [3.63, 3.8) is 0 Å². The summed E-state index contributed by atoms with van der Waals surface area (Å²) in [4.78, 5) is 27.5. The maximum atomic E-state index is 8.64. The van der Waals surface area contributed by atoms with Gasteiger partial charge < -0.3 is 15.6 Å². The van der Waals surface area contributed by atoms with Crippen LogP contribution in [-0.4, -0.2) is 18.1 Å². The second-order valence-corrected chi connectivity index (χ2v) is 0.276. The van der Waals surface area contributed by atoms with Gasteiger partial charge in [-0.25, -0.2) is 0 Å². The van der Waals surface area contributed by atoms with Crippen LogP contribution in [0.2, 0.25) is 0 Å². The summed E-state index contributed by atoms with van der Waals surface area (Å²) < 4.78 is 0. The molecule has 0 fully saturated rings. The Morgan fingerprint density at radius 1 is 1.15 bits per heavy atom. The molecule has 0 aliphatic carbocycles. The molecule has 0 aliphatic heterocycles. The van der Waals surface area contributed by atoms with Crippen molar-refractivity contribution >= 4 is 12.6 Å². The Bertz CT molecular complexity index is 78.6.